The van der Waals surface area contributed by atoms with Gasteiger partial charge in [-0.15, -0.1) is 0 Å². The zero-order chi connectivity index (χ0) is 7.23. The van der Waals surface area contributed by atoms with Gasteiger partial charge in [0, 0.05) is 13.1 Å². The molecule has 1 aliphatic rings. The van der Waals surface area contributed by atoms with Crippen molar-refractivity contribution < 1.29 is 0 Å². The predicted molar refractivity (Wildman–Crippen MR) is 44.2 cm³/mol. The highest BCUT2D eigenvalue weighted by molar-refractivity contribution is 4.66. The van der Waals surface area contributed by atoms with E-state index in [1.54, 1.807) is 0 Å². The smallest absolute Gasteiger partial charge is 0.0242 e. The van der Waals surface area contributed by atoms with Gasteiger partial charge in [-0.3, -0.25) is 0 Å². The van der Waals surface area contributed by atoms with E-state index in [2.05, 4.69) is 5.32 Å². The quantitative estimate of drug-likeness (QED) is 0.531. The molecule has 0 unspecified atom stereocenters. The van der Waals surface area contributed by atoms with Crippen LogP contribution in [0, 0.1) is 0 Å². The molecule has 0 bridgehead atoms. The lowest BCUT2D eigenvalue weighted by Crippen LogP contribution is -2.19. The Labute approximate surface area is 64.2 Å². The lowest BCUT2D eigenvalue weighted by Gasteiger charge is -2.16. The largest absolute Gasteiger partial charge is 0.242 e. The van der Waals surface area contributed by atoms with Gasteiger partial charge in [-0.25, -0.2) is 5.32 Å². The van der Waals surface area contributed by atoms with Crippen LogP contribution in [0.5, 0.6) is 0 Å². The van der Waals surface area contributed by atoms with Crippen LogP contribution in [0.15, 0.2) is 0 Å². The van der Waals surface area contributed by atoms with Gasteiger partial charge in [0.05, 0.1) is 0 Å². The third kappa shape index (κ3) is 2.70. The summed E-state index contributed by atoms with van der Waals surface area (Å²) in [6, 6.07) is 0.695. The molecule has 1 nitrogen and oxygen atoms in total. The Morgan fingerprint density at radius 1 is 0.900 bits per heavy atom. The van der Waals surface area contributed by atoms with E-state index in [4.69, 9.17) is 0 Å². The lowest BCUT2D eigenvalue weighted by atomic mass is 9.97. The van der Waals surface area contributed by atoms with Gasteiger partial charge >= 0.3 is 0 Å². The molecule has 1 radical (unpaired) electrons. The second kappa shape index (κ2) is 4.73. The third-order valence-corrected chi connectivity index (χ3v) is 2.44. The fourth-order valence-corrected chi connectivity index (χ4v) is 1.69. The maximum Gasteiger partial charge on any atom is 0.0242 e. The van der Waals surface area contributed by atoms with Crippen molar-refractivity contribution in [2.24, 2.45) is 0 Å². The standard InChI is InChI=1S/C9H18N/c1-10-9-7-5-3-2-4-6-8-9/h9H,2-8H2,1H3. The number of hydrogen-bond donors (Lipinski definition) is 0. The molecule has 0 aromatic heterocycles. The van der Waals surface area contributed by atoms with Crippen molar-refractivity contribution in [3.8, 4) is 0 Å². The van der Waals surface area contributed by atoms with Gasteiger partial charge in [0.2, 0.25) is 0 Å². The van der Waals surface area contributed by atoms with Crippen LogP contribution in [0.3, 0.4) is 0 Å². The third-order valence-electron chi connectivity index (χ3n) is 2.44. The van der Waals surface area contributed by atoms with Crippen molar-refractivity contribution >= 4 is 0 Å². The van der Waals surface area contributed by atoms with Gasteiger partial charge in [-0.1, -0.05) is 32.1 Å². The normalized spacial score (nSPS) is 23.7. The molecule has 10 heavy (non-hydrogen) atoms. The van der Waals surface area contributed by atoms with Gasteiger partial charge in [-0.2, -0.15) is 0 Å². The highest BCUT2D eigenvalue weighted by Gasteiger charge is 2.08. The average molecular weight is 140 g/mol. The highest BCUT2D eigenvalue weighted by atomic mass is 14.9. The first-order chi connectivity index (χ1) is 4.93. The van der Waals surface area contributed by atoms with Crippen LogP contribution in [0.1, 0.15) is 44.9 Å². The molecule has 0 aromatic rings. The molecule has 1 rings (SSSR count). The topological polar surface area (TPSA) is 14.1 Å². The second-order valence-corrected chi connectivity index (χ2v) is 3.26. The maximum atomic E-state index is 4.35. The van der Waals surface area contributed by atoms with Gasteiger partial charge in [0.25, 0.3) is 0 Å². The summed E-state index contributed by atoms with van der Waals surface area (Å²) in [5.41, 5.74) is 0. The van der Waals surface area contributed by atoms with Crippen molar-refractivity contribution in [2.75, 3.05) is 7.05 Å². The van der Waals surface area contributed by atoms with Crippen LogP contribution in [-0.2, 0) is 0 Å². The van der Waals surface area contributed by atoms with Crippen molar-refractivity contribution in [1.82, 2.24) is 5.32 Å². The fraction of sp³-hybridized carbons (Fsp3) is 1.00. The molecule has 0 atom stereocenters. The van der Waals surface area contributed by atoms with E-state index in [1.807, 2.05) is 7.05 Å². The monoisotopic (exact) mass is 140 g/mol. The molecule has 0 aromatic carbocycles. The molecule has 1 aliphatic carbocycles. The Morgan fingerprint density at radius 2 is 1.40 bits per heavy atom. The minimum Gasteiger partial charge on any atom is -0.242 e. The summed E-state index contributed by atoms with van der Waals surface area (Å²) in [4.78, 5) is 0. The summed E-state index contributed by atoms with van der Waals surface area (Å²) in [5.74, 6) is 0. The van der Waals surface area contributed by atoms with Crippen molar-refractivity contribution in [1.29, 1.82) is 0 Å². The van der Waals surface area contributed by atoms with Crippen LogP contribution in [0.2, 0.25) is 0 Å². The average Bonchev–Trinajstić information content (AvgIpc) is 1.87. The predicted octanol–water partition coefficient (Wildman–Crippen LogP) is 2.33. The minimum atomic E-state index is 0.695. The van der Waals surface area contributed by atoms with E-state index >= 15 is 0 Å². The summed E-state index contributed by atoms with van der Waals surface area (Å²) in [6.07, 6.45) is 9.82. The summed E-state index contributed by atoms with van der Waals surface area (Å²) >= 11 is 0. The van der Waals surface area contributed by atoms with Crippen LogP contribution in [-0.4, -0.2) is 13.1 Å². The van der Waals surface area contributed by atoms with Crippen molar-refractivity contribution in [3.05, 3.63) is 0 Å². The van der Waals surface area contributed by atoms with E-state index in [0.29, 0.717) is 6.04 Å². The number of hydrogen-bond acceptors (Lipinski definition) is 0. The Bertz CT molecular complexity index is 72.8. The van der Waals surface area contributed by atoms with Crippen molar-refractivity contribution in [2.45, 2.75) is 51.0 Å². The zero-order valence-corrected chi connectivity index (χ0v) is 6.97. The first-order valence-corrected chi connectivity index (χ1v) is 4.52. The van der Waals surface area contributed by atoms with E-state index in [9.17, 15) is 0 Å². The van der Waals surface area contributed by atoms with Gasteiger partial charge in [-0.05, 0) is 12.8 Å². The Kier molecular flexibility index (Phi) is 3.81. The van der Waals surface area contributed by atoms with E-state index in [-0.39, 0.29) is 0 Å². The molecule has 0 amide bonds. The summed E-state index contributed by atoms with van der Waals surface area (Å²) in [7, 11) is 1.96. The molecule has 0 heterocycles. The first-order valence-electron chi connectivity index (χ1n) is 4.52. The second-order valence-electron chi connectivity index (χ2n) is 3.26. The molecule has 0 saturated heterocycles. The molecular formula is C9H18N. The SMILES string of the molecule is C[N]C1CCCCCCC1. The van der Waals surface area contributed by atoms with E-state index in [0.717, 1.165) is 0 Å². The zero-order valence-electron chi connectivity index (χ0n) is 6.97. The van der Waals surface area contributed by atoms with Crippen molar-refractivity contribution in [3.63, 3.8) is 0 Å². The number of rotatable bonds is 1. The Morgan fingerprint density at radius 3 is 1.90 bits per heavy atom. The van der Waals surface area contributed by atoms with Crippen LogP contribution >= 0.6 is 0 Å². The van der Waals surface area contributed by atoms with Gasteiger partial charge < -0.3 is 0 Å². The summed E-state index contributed by atoms with van der Waals surface area (Å²) in [6.45, 7) is 0. The lowest BCUT2D eigenvalue weighted by molar-refractivity contribution is 0.406. The molecule has 59 valence electrons. The maximum absolute atomic E-state index is 4.35. The molecular weight excluding hydrogens is 122 g/mol. The van der Waals surface area contributed by atoms with Crippen LogP contribution in [0.25, 0.3) is 0 Å². The highest BCUT2D eigenvalue weighted by Crippen LogP contribution is 2.16. The van der Waals surface area contributed by atoms with Crippen LogP contribution in [0.4, 0.5) is 0 Å². The number of nitrogens with zero attached hydrogens (tertiary/aromatic N) is 1. The van der Waals surface area contributed by atoms with Gasteiger partial charge in [0.1, 0.15) is 0 Å². The van der Waals surface area contributed by atoms with Crippen LogP contribution < -0.4 is 5.32 Å². The molecule has 1 fully saturated rings. The molecule has 0 aliphatic heterocycles. The molecule has 0 spiro atoms. The van der Waals surface area contributed by atoms with Gasteiger partial charge in [0.15, 0.2) is 0 Å². The summed E-state index contributed by atoms with van der Waals surface area (Å²) < 4.78 is 0. The Balaban J connectivity index is 2.16. The fourth-order valence-electron chi connectivity index (χ4n) is 1.69. The van der Waals surface area contributed by atoms with E-state index < -0.39 is 0 Å². The first kappa shape index (κ1) is 8.06. The Hall–Kier alpha value is -0.0400. The van der Waals surface area contributed by atoms with E-state index in [1.165, 1.54) is 44.9 Å². The minimum absolute atomic E-state index is 0.695. The summed E-state index contributed by atoms with van der Waals surface area (Å²) in [5, 5.41) is 4.35. The molecule has 1 saturated carbocycles. The molecule has 1 heteroatoms. The molecule has 0 N–H and O–H groups in total.